The second kappa shape index (κ2) is 6.58. The van der Waals surface area contributed by atoms with Crippen molar-refractivity contribution in [3.63, 3.8) is 0 Å². The number of ether oxygens (including phenoxy) is 1. The normalized spacial score (nSPS) is 9.85. The number of hydrogen-bond donors (Lipinski definition) is 1. The lowest BCUT2D eigenvalue weighted by molar-refractivity contribution is 0.415. The van der Waals surface area contributed by atoms with Crippen molar-refractivity contribution in [3.05, 3.63) is 42.0 Å². The number of nitrogens with one attached hydrogen (secondary N) is 1. The van der Waals surface area contributed by atoms with Gasteiger partial charge >= 0.3 is 0 Å². The van der Waals surface area contributed by atoms with Gasteiger partial charge in [0.1, 0.15) is 17.6 Å². The largest absolute Gasteiger partial charge is 0.497 e. The van der Waals surface area contributed by atoms with Gasteiger partial charge in [-0.15, -0.1) is 0 Å². The predicted molar refractivity (Wildman–Crippen MR) is 79.7 cm³/mol. The van der Waals surface area contributed by atoms with E-state index >= 15 is 0 Å². The average Bonchev–Trinajstić information content (AvgIpc) is 2.52. The molecule has 4 heteroatoms. The molecule has 0 spiro atoms. The van der Waals surface area contributed by atoms with Gasteiger partial charge in [0.2, 0.25) is 0 Å². The van der Waals surface area contributed by atoms with Crippen LogP contribution >= 0.6 is 0 Å². The molecule has 0 bridgehead atoms. The van der Waals surface area contributed by atoms with Crippen molar-refractivity contribution in [1.29, 1.82) is 5.26 Å². The standard InChI is InChI=1S/C16H17N3O/c1-3-10-18-16-13(11-17)6-9-15(19-16)12-4-7-14(20-2)8-5-12/h4-9H,3,10H2,1-2H3,(H,18,19). The molecule has 0 unspecified atom stereocenters. The minimum Gasteiger partial charge on any atom is -0.497 e. The van der Waals surface area contributed by atoms with Gasteiger partial charge in [-0.2, -0.15) is 5.26 Å². The lowest BCUT2D eigenvalue weighted by Gasteiger charge is -2.09. The number of nitrogens with zero attached hydrogens (tertiary/aromatic N) is 2. The fourth-order valence-electron chi connectivity index (χ4n) is 1.85. The van der Waals surface area contributed by atoms with Crippen LogP contribution in [0.3, 0.4) is 0 Å². The van der Waals surface area contributed by atoms with Crippen LogP contribution in [0.4, 0.5) is 5.82 Å². The number of aromatic nitrogens is 1. The van der Waals surface area contributed by atoms with Crippen molar-refractivity contribution in [1.82, 2.24) is 4.98 Å². The average molecular weight is 267 g/mol. The summed E-state index contributed by atoms with van der Waals surface area (Å²) in [6.45, 7) is 2.88. The summed E-state index contributed by atoms with van der Waals surface area (Å²) < 4.78 is 5.14. The monoisotopic (exact) mass is 267 g/mol. The van der Waals surface area contributed by atoms with Crippen molar-refractivity contribution in [3.8, 4) is 23.1 Å². The molecule has 0 aliphatic heterocycles. The van der Waals surface area contributed by atoms with Crippen LogP contribution in [0.5, 0.6) is 5.75 Å². The molecular weight excluding hydrogens is 250 g/mol. The number of nitriles is 1. The predicted octanol–water partition coefficient (Wildman–Crippen LogP) is 3.45. The Morgan fingerprint density at radius 1 is 1.20 bits per heavy atom. The minimum absolute atomic E-state index is 0.565. The van der Waals surface area contributed by atoms with E-state index in [2.05, 4.69) is 23.3 Å². The zero-order chi connectivity index (χ0) is 14.4. The van der Waals surface area contributed by atoms with Gasteiger partial charge in [-0.05, 0) is 42.8 Å². The van der Waals surface area contributed by atoms with Crippen LogP contribution in [0.1, 0.15) is 18.9 Å². The van der Waals surface area contributed by atoms with Gasteiger partial charge in [0, 0.05) is 12.1 Å². The van der Waals surface area contributed by atoms with Gasteiger partial charge in [-0.25, -0.2) is 4.98 Å². The van der Waals surface area contributed by atoms with Crippen molar-refractivity contribution in [2.24, 2.45) is 0 Å². The van der Waals surface area contributed by atoms with Crippen molar-refractivity contribution in [2.75, 3.05) is 19.0 Å². The quantitative estimate of drug-likeness (QED) is 0.901. The third kappa shape index (κ3) is 3.07. The first kappa shape index (κ1) is 13.9. The summed E-state index contributed by atoms with van der Waals surface area (Å²) in [4.78, 5) is 4.53. The van der Waals surface area contributed by atoms with Crippen molar-refractivity contribution >= 4 is 5.82 Å². The molecule has 1 N–H and O–H groups in total. The van der Waals surface area contributed by atoms with Crippen LogP contribution < -0.4 is 10.1 Å². The maximum absolute atomic E-state index is 9.10. The van der Waals surface area contributed by atoms with E-state index in [1.165, 1.54) is 0 Å². The summed E-state index contributed by atoms with van der Waals surface area (Å²) in [6.07, 6.45) is 0.985. The zero-order valence-corrected chi connectivity index (χ0v) is 11.7. The molecule has 0 saturated carbocycles. The van der Waals surface area contributed by atoms with Crippen LogP contribution in [0.25, 0.3) is 11.3 Å². The Kier molecular flexibility index (Phi) is 4.56. The van der Waals surface area contributed by atoms with Gasteiger partial charge < -0.3 is 10.1 Å². The molecule has 0 radical (unpaired) electrons. The third-order valence-electron chi connectivity index (χ3n) is 2.94. The molecule has 1 aromatic carbocycles. The van der Waals surface area contributed by atoms with E-state index in [-0.39, 0.29) is 0 Å². The molecule has 0 fully saturated rings. The summed E-state index contributed by atoms with van der Waals surface area (Å²) in [5.41, 5.74) is 2.40. The van der Waals surface area contributed by atoms with Gasteiger partial charge in [-0.3, -0.25) is 0 Å². The SMILES string of the molecule is CCCNc1nc(-c2ccc(OC)cc2)ccc1C#N. The Labute approximate surface area is 119 Å². The molecule has 2 aromatic rings. The topological polar surface area (TPSA) is 57.9 Å². The number of pyridine rings is 1. The van der Waals surface area contributed by atoms with Crippen molar-refractivity contribution in [2.45, 2.75) is 13.3 Å². The third-order valence-corrected chi connectivity index (χ3v) is 2.94. The Bertz CT molecular complexity index is 615. The maximum Gasteiger partial charge on any atom is 0.144 e. The molecule has 0 atom stereocenters. The highest BCUT2D eigenvalue weighted by Gasteiger charge is 2.06. The Morgan fingerprint density at radius 3 is 2.55 bits per heavy atom. The highest BCUT2D eigenvalue weighted by molar-refractivity contribution is 5.65. The Balaban J connectivity index is 2.34. The molecule has 1 heterocycles. The second-order valence-corrected chi connectivity index (χ2v) is 4.36. The van der Waals surface area contributed by atoms with E-state index in [4.69, 9.17) is 10.00 Å². The van der Waals surface area contributed by atoms with Gasteiger partial charge in [0.05, 0.1) is 18.4 Å². The molecule has 0 saturated heterocycles. The molecule has 1 aromatic heterocycles. The van der Waals surface area contributed by atoms with E-state index in [9.17, 15) is 0 Å². The van der Waals surface area contributed by atoms with E-state index in [0.29, 0.717) is 11.4 Å². The summed E-state index contributed by atoms with van der Waals surface area (Å²) in [7, 11) is 1.64. The van der Waals surface area contributed by atoms with E-state index < -0.39 is 0 Å². The summed E-state index contributed by atoms with van der Waals surface area (Å²) in [6, 6.07) is 13.5. The number of methoxy groups -OCH3 is 1. The van der Waals surface area contributed by atoms with Crippen LogP contribution in [-0.4, -0.2) is 18.6 Å². The fourth-order valence-corrected chi connectivity index (χ4v) is 1.85. The van der Waals surface area contributed by atoms with E-state index in [1.54, 1.807) is 13.2 Å². The summed E-state index contributed by atoms with van der Waals surface area (Å²) in [5, 5.41) is 12.3. The molecule has 2 rings (SSSR count). The van der Waals surface area contributed by atoms with Crippen LogP contribution in [0.15, 0.2) is 36.4 Å². The lowest BCUT2D eigenvalue weighted by atomic mass is 10.1. The number of benzene rings is 1. The number of anilines is 1. The van der Waals surface area contributed by atoms with Crippen LogP contribution in [-0.2, 0) is 0 Å². The van der Waals surface area contributed by atoms with Crippen LogP contribution in [0, 0.1) is 11.3 Å². The highest BCUT2D eigenvalue weighted by Crippen LogP contribution is 2.23. The fraction of sp³-hybridized carbons (Fsp3) is 0.250. The van der Waals surface area contributed by atoms with Crippen molar-refractivity contribution < 1.29 is 4.74 Å². The molecular formula is C16H17N3O. The summed E-state index contributed by atoms with van der Waals surface area (Å²) >= 11 is 0. The molecule has 20 heavy (non-hydrogen) atoms. The first-order chi connectivity index (χ1) is 9.78. The maximum atomic E-state index is 9.10. The summed E-state index contributed by atoms with van der Waals surface area (Å²) in [5.74, 6) is 1.45. The highest BCUT2D eigenvalue weighted by atomic mass is 16.5. The van der Waals surface area contributed by atoms with Crippen LogP contribution in [0.2, 0.25) is 0 Å². The number of hydrogen-bond acceptors (Lipinski definition) is 4. The Hall–Kier alpha value is -2.54. The minimum atomic E-state index is 0.565. The van der Waals surface area contributed by atoms with Gasteiger partial charge in [-0.1, -0.05) is 6.92 Å². The molecule has 0 aliphatic carbocycles. The van der Waals surface area contributed by atoms with E-state index in [1.807, 2.05) is 30.3 Å². The second-order valence-electron chi connectivity index (χ2n) is 4.36. The van der Waals surface area contributed by atoms with E-state index in [0.717, 1.165) is 30.0 Å². The number of rotatable bonds is 5. The smallest absolute Gasteiger partial charge is 0.144 e. The molecule has 0 amide bonds. The molecule has 102 valence electrons. The van der Waals surface area contributed by atoms with Gasteiger partial charge in [0.15, 0.2) is 0 Å². The lowest BCUT2D eigenvalue weighted by Crippen LogP contribution is -2.04. The zero-order valence-electron chi connectivity index (χ0n) is 11.7. The first-order valence-corrected chi connectivity index (χ1v) is 6.58. The molecule has 0 aliphatic rings. The molecule has 4 nitrogen and oxygen atoms in total. The van der Waals surface area contributed by atoms with Gasteiger partial charge in [0.25, 0.3) is 0 Å². The Morgan fingerprint density at radius 2 is 1.95 bits per heavy atom. The first-order valence-electron chi connectivity index (χ1n) is 6.58.